The Balaban J connectivity index is 3.84. The van der Waals surface area contributed by atoms with Gasteiger partial charge in [0.1, 0.15) is 0 Å². The van der Waals surface area contributed by atoms with Crippen molar-refractivity contribution in [1.29, 1.82) is 0 Å². The first kappa shape index (κ1) is 11.9. The Morgan fingerprint density at radius 2 is 2.00 bits per heavy atom. The summed E-state index contributed by atoms with van der Waals surface area (Å²) in [7, 11) is 3.82. The Morgan fingerprint density at radius 1 is 1.33 bits per heavy atom. The van der Waals surface area contributed by atoms with Crippen molar-refractivity contribution in [1.82, 2.24) is 5.32 Å². The van der Waals surface area contributed by atoms with E-state index >= 15 is 0 Å². The second-order valence-corrected chi connectivity index (χ2v) is 3.31. The number of nitrogens with one attached hydrogen (secondary N) is 1. The van der Waals surface area contributed by atoms with E-state index in [1.54, 1.807) is 7.11 Å². The summed E-state index contributed by atoms with van der Waals surface area (Å²) in [6.45, 7) is 5.33. The lowest BCUT2D eigenvalue weighted by atomic mass is 9.94. The zero-order valence-corrected chi connectivity index (χ0v) is 8.89. The molecule has 0 rings (SSSR count). The minimum atomic E-state index is 0.625. The molecule has 2 heteroatoms. The second kappa shape index (κ2) is 7.56. The van der Waals surface area contributed by atoms with Crippen molar-refractivity contribution in [2.75, 3.05) is 20.8 Å². The third kappa shape index (κ3) is 4.07. The van der Waals surface area contributed by atoms with E-state index < -0.39 is 0 Å². The smallest absolute Gasteiger partial charge is 0.0505 e. The first-order valence-electron chi connectivity index (χ1n) is 4.96. The van der Waals surface area contributed by atoms with Gasteiger partial charge in [0.15, 0.2) is 0 Å². The summed E-state index contributed by atoms with van der Waals surface area (Å²) in [5.41, 5.74) is 0. The van der Waals surface area contributed by atoms with Gasteiger partial charge in [-0.1, -0.05) is 20.3 Å². The van der Waals surface area contributed by atoms with Crippen LogP contribution >= 0.6 is 0 Å². The Morgan fingerprint density at radius 3 is 2.33 bits per heavy atom. The van der Waals surface area contributed by atoms with E-state index in [4.69, 9.17) is 4.74 Å². The van der Waals surface area contributed by atoms with Gasteiger partial charge in [-0.05, 0) is 25.8 Å². The molecule has 2 nitrogen and oxygen atoms in total. The maximum absolute atomic E-state index is 5.18. The largest absolute Gasteiger partial charge is 0.384 e. The molecule has 0 aromatic carbocycles. The van der Waals surface area contributed by atoms with Crippen LogP contribution in [0.1, 0.15) is 33.1 Å². The van der Waals surface area contributed by atoms with E-state index in [1.807, 2.05) is 7.05 Å². The van der Waals surface area contributed by atoms with Crippen molar-refractivity contribution in [3.8, 4) is 0 Å². The Kier molecular flexibility index (Phi) is 7.51. The summed E-state index contributed by atoms with van der Waals surface area (Å²) < 4.78 is 5.18. The minimum Gasteiger partial charge on any atom is -0.384 e. The molecule has 0 aliphatic rings. The minimum absolute atomic E-state index is 0.625. The standard InChI is InChI=1S/C10H23NO/c1-5-7-10(11-3)9(6-2)8-12-4/h9-11H,5-8H2,1-4H3. The summed E-state index contributed by atoms with van der Waals surface area (Å²) >= 11 is 0. The van der Waals surface area contributed by atoms with Crippen molar-refractivity contribution < 1.29 is 4.74 Å². The fourth-order valence-corrected chi connectivity index (χ4v) is 1.66. The van der Waals surface area contributed by atoms with Crippen LogP contribution in [0.2, 0.25) is 0 Å². The van der Waals surface area contributed by atoms with Crippen LogP contribution in [0.25, 0.3) is 0 Å². The number of rotatable bonds is 7. The van der Waals surface area contributed by atoms with Gasteiger partial charge in [0.05, 0.1) is 6.61 Å². The highest BCUT2D eigenvalue weighted by Gasteiger charge is 2.16. The van der Waals surface area contributed by atoms with Gasteiger partial charge in [-0.2, -0.15) is 0 Å². The van der Waals surface area contributed by atoms with Crippen LogP contribution in [0.5, 0.6) is 0 Å². The molecular weight excluding hydrogens is 150 g/mol. The highest BCUT2D eigenvalue weighted by Crippen LogP contribution is 2.13. The number of ether oxygens (including phenoxy) is 1. The molecule has 0 spiro atoms. The molecule has 0 aliphatic heterocycles. The molecule has 0 heterocycles. The van der Waals surface area contributed by atoms with Crippen molar-refractivity contribution in [3.05, 3.63) is 0 Å². The van der Waals surface area contributed by atoms with Crippen LogP contribution in [0.4, 0.5) is 0 Å². The average Bonchev–Trinajstić information content (AvgIpc) is 2.11. The van der Waals surface area contributed by atoms with E-state index in [9.17, 15) is 0 Å². The molecule has 1 N–H and O–H groups in total. The lowest BCUT2D eigenvalue weighted by Crippen LogP contribution is -2.35. The van der Waals surface area contributed by atoms with Crippen LogP contribution in [-0.4, -0.2) is 26.8 Å². The number of hydrogen-bond acceptors (Lipinski definition) is 2. The van der Waals surface area contributed by atoms with Crippen molar-refractivity contribution in [3.63, 3.8) is 0 Å². The molecule has 2 unspecified atom stereocenters. The topological polar surface area (TPSA) is 21.3 Å². The molecule has 0 bridgehead atoms. The lowest BCUT2D eigenvalue weighted by Gasteiger charge is -2.24. The highest BCUT2D eigenvalue weighted by atomic mass is 16.5. The van der Waals surface area contributed by atoms with E-state index in [2.05, 4.69) is 19.2 Å². The first-order valence-corrected chi connectivity index (χ1v) is 4.96. The Hall–Kier alpha value is -0.0800. The van der Waals surface area contributed by atoms with Crippen LogP contribution < -0.4 is 5.32 Å². The highest BCUT2D eigenvalue weighted by molar-refractivity contribution is 4.73. The third-order valence-corrected chi connectivity index (χ3v) is 2.44. The molecule has 0 aromatic heterocycles. The maximum Gasteiger partial charge on any atom is 0.0505 e. The van der Waals surface area contributed by atoms with Gasteiger partial charge in [0.25, 0.3) is 0 Å². The molecule has 0 amide bonds. The summed E-state index contributed by atoms with van der Waals surface area (Å²) in [5, 5.41) is 3.36. The van der Waals surface area contributed by atoms with Crippen LogP contribution in [0.15, 0.2) is 0 Å². The van der Waals surface area contributed by atoms with Gasteiger partial charge in [0, 0.05) is 13.2 Å². The summed E-state index contributed by atoms with van der Waals surface area (Å²) in [6, 6.07) is 0.625. The van der Waals surface area contributed by atoms with Gasteiger partial charge in [0.2, 0.25) is 0 Å². The fraction of sp³-hybridized carbons (Fsp3) is 1.00. The molecule has 0 aromatic rings. The maximum atomic E-state index is 5.18. The Labute approximate surface area is 76.7 Å². The molecule has 12 heavy (non-hydrogen) atoms. The van der Waals surface area contributed by atoms with Crippen molar-refractivity contribution >= 4 is 0 Å². The predicted octanol–water partition coefficient (Wildman–Crippen LogP) is 2.05. The Bertz CT molecular complexity index is 83.8. The van der Waals surface area contributed by atoms with Gasteiger partial charge < -0.3 is 10.1 Å². The molecule has 0 radical (unpaired) electrons. The molecule has 0 saturated carbocycles. The molecular formula is C10H23NO. The molecule has 0 saturated heterocycles. The van der Waals surface area contributed by atoms with Crippen LogP contribution in [-0.2, 0) is 4.74 Å². The van der Waals surface area contributed by atoms with Crippen molar-refractivity contribution in [2.24, 2.45) is 5.92 Å². The van der Waals surface area contributed by atoms with Crippen LogP contribution in [0.3, 0.4) is 0 Å². The van der Waals surface area contributed by atoms with Gasteiger partial charge in [-0.15, -0.1) is 0 Å². The third-order valence-electron chi connectivity index (χ3n) is 2.44. The van der Waals surface area contributed by atoms with Gasteiger partial charge >= 0.3 is 0 Å². The van der Waals surface area contributed by atoms with Crippen molar-refractivity contribution in [2.45, 2.75) is 39.2 Å². The summed E-state index contributed by atoms with van der Waals surface area (Å²) in [4.78, 5) is 0. The SMILES string of the molecule is CCCC(NC)C(CC)COC. The number of methoxy groups -OCH3 is 1. The molecule has 2 atom stereocenters. The molecule has 0 aliphatic carbocycles. The molecule has 74 valence electrons. The van der Waals surface area contributed by atoms with Gasteiger partial charge in [-0.3, -0.25) is 0 Å². The monoisotopic (exact) mass is 173 g/mol. The van der Waals surface area contributed by atoms with Crippen LogP contribution in [0, 0.1) is 5.92 Å². The quantitative estimate of drug-likeness (QED) is 0.636. The second-order valence-electron chi connectivity index (χ2n) is 3.31. The summed E-state index contributed by atoms with van der Waals surface area (Å²) in [6.07, 6.45) is 3.68. The zero-order chi connectivity index (χ0) is 9.40. The van der Waals surface area contributed by atoms with Gasteiger partial charge in [-0.25, -0.2) is 0 Å². The summed E-state index contributed by atoms with van der Waals surface area (Å²) in [5.74, 6) is 0.667. The molecule has 0 fully saturated rings. The van der Waals surface area contributed by atoms with E-state index in [0.717, 1.165) is 6.61 Å². The van der Waals surface area contributed by atoms with E-state index in [1.165, 1.54) is 19.3 Å². The first-order chi connectivity index (χ1) is 5.79. The average molecular weight is 173 g/mol. The van der Waals surface area contributed by atoms with E-state index in [-0.39, 0.29) is 0 Å². The normalized spacial score (nSPS) is 16.0. The number of hydrogen-bond donors (Lipinski definition) is 1. The predicted molar refractivity (Wildman–Crippen MR) is 53.4 cm³/mol. The lowest BCUT2D eigenvalue weighted by molar-refractivity contribution is 0.127. The van der Waals surface area contributed by atoms with E-state index in [0.29, 0.717) is 12.0 Å². The fourth-order valence-electron chi connectivity index (χ4n) is 1.66. The zero-order valence-electron chi connectivity index (χ0n) is 8.89.